The van der Waals surface area contributed by atoms with Gasteiger partial charge in [0.25, 0.3) is 0 Å². The first-order valence-corrected chi connectivity index (χ1v) is 8.74. The van der Waals surface area contributed by atoms with Crippen molar-refractivity contribution in [3.05, 3.63) is 71.6 Å². The van der Waals surface area contributed by atoms with Gasteiger partial charge in [-0.25, -0.2) is 9.97 Å². The van der Waals surface area contributed by atoms with E-state index >= 15 is 0 Å². The Morgan fingerprint density at radius 1 is 0.846 bits per heavy atom. The molecule has 0 unspecified atom stereocenters. The van der Waals surface area contributed by atoms with E-state index in [1.165, 1.54) is 6.33 Å². The Morgan fingerprint density at radius 3 is 2.46 bits per heavy atom. The molecular weight excluding hydrogens is 392 g/mol. The van der Waals surface area contributed by atoms with E-state index in [0.717, 1.165) is 26.8 Å². The Morgan fingerprint density at radius 2 is 1.62 bits per heavy atom. The lowest BCUT2D eigenvalue weighted by molar-refractivity contribution is 1.17. The fourth-order valence-corrected chi connectivity index (χ4v) is 3.03. The van der Waals surface area contributed by atoms with Crippen molar-refractivity contribution in [2.24, 2.45) is 0 Å². The molecule has 4 aromatic rings. The molecule has 2 aromatic heterocycles. The quantitative estimate of drug-likeness (QED) is 0.448. The standard InChI is InChI=1S/C19H15BrN6/c20-13-6-2-7-14(10-13)25-18-16(21)19(24-11-23-18)26-15-8-1-4-12-5-3-9-22-17(12)15/h1-11H,21H2,(H2,23,24,25,26). The molecule has 128 valence electrons. The number of halogens is 1. The number of benzene rings is 2. The number of fused-ring (bicyclic) bond motifs is 1. The first-order valence-electron chi connectivity index (χ1n) is 7.94. The fourth-order valence-electron chi connectivity index (χ4n) is 2.63. The second-order valence-electron chi connectivity index (χ2n) is 5.63. The van der Waals surface area contributed by atoms with Crippen LogP contribution in [0.15, 0.2) is 71.6 Å². The number of pyridine rings is 1. The number of nitrogens with zero attached hydrogens (tertiary/aromatic N) is 3. The molecule has 0 aliphatic heterocycles. The van der Waals surface area contributed by atoms with Gasteiger partial charge >= 0.3 is 0 Å². The van der Waals surface area contributed by atoms with E-state index < -0.39 is 0 Å². The number of nitrogens with one attached hydrogen (secondary N) is 2. The third-order valence-electron chi connectivity index (χ3n) is 3.86. The Kier molecular flexibility index (Phi) is 4.37. The summed E-state index contributed by atoms with van der Waals surface area (Å²) in [6.45, 7) is 0. The zero-order valence-corrected chi connectivity index (χ0v) is 15.2. The molecule has 0 saturated heterocycles. The molecule has 0 atom stereocenters. The maximum absolute atomic E-state index is 6.28. The topological polar surface area (TPSA) is 88.8 Å². The van der Waals surface area contributed by atoms with Gasteiger partial charge in [-0.15, -0.1) is 0 Å². The molecular formula is C19H15BrN6. The van der Waals surface area contributed by atoms with Crippen LogP contribution in [-0.4, -0.2) is 15.0 Å². The summed E-state index contributed by atoms with van der Waals surface area (Å²) in [4.78, 5) is 13.0. The number of anilines is 5. The number of hydrogen-bond donors (Lipinski definition) is 3. The van der Waals surface area contributed by atoms with Crippen LogP contribution >= 0.6 is 15.9 Å². The predicted molar refractivity (Wildman–Crippen MR) is 109 cm³/mol. The van der Waals surface area contributed by atoms with Crippen LogP contribution in [-0.2, 0) is 0 Å². The summed E-state index contributed by atoms with van der Waals surface area (Å²) >= 11 is 3.45. The Hall–Kier alpha value is -3.19. The van der Waals surface area contributed by atoms with Crippen LogP contribution < -0.4 is 16.4 Å². The second-order valence-corrected chi connectivity index (χ2v) is 6.54. The average Bonchev–Trinajstić information content (AvgIpc) is 2.65. The maximum atomic E-state index is 6.28. The summed E-state index contributed by atoms with van der Waals surface area (Å²) in [5, 5.41) is 7.52. The molecule has 0 amide bonds. The maximum Gasteiger partial charge on any atom is 0.159 e. The van der Waals surface area contributed by atoms with Gasteiger partial charge in [-0.2, -0.15) is 0 Å². The second kappa shape index (κ2) is 6.97. The van der Waals surface area contributed by atoms with Gasteiger partial charge in [-0.1, -0.05) is 40.2 Å². The number of nitrogen functional groups attached to an aromatic ring is 1. The minimum absolute atomic E-state index is 0.431. The van der Waals surface area contributed by atoms with E-state index in [-0.39, 0.29) is 0 Å². The normalized spacial score (nSPS) is 10.7. The van der Waals surface area contributed by atoms with E-state index in [1.54, 1.807) is 6.20 Å². The molecule has 0 aliphatic carbocycles. The van der Waals surface area contributed by atoms with Crippen molar-refractivity contribution in [1.29, 1.82) is 0 Å². The molecule has 4 rings (SSSR count). The Bertz CT molecular complexity index is 1080. The predicted octanol–water partition coefficient (Wildman–Crippen LogP) is 4.86. The minimum Gasteiger partial charge on any atom is -0.393 e. The van der Waals surface area contributed by atoms with Crippen LogP contribution in [0.2, 0.25) is 0 Å². The monoisotopic (exact) mass is 406 g/mol. The Labute approximate surface area is 158 Å². The van der Waals surface area contributed by atoms with Gasteiger partial charge < -0.3 is 16.4 Å². The first kappa shape index (κ1) is 16.3. The van der Waals surface area contributed by atoms with Gasteiger partial charge in [-0.3, -0.25) is 4.98 Å². The minimum atomic E-state index is 0.431. The van der Waals surface area contributed by atoms with Crippen LogP contribution in [0, 0.1) is 0 Å². The van der Waals surface area contributed by atoms with Crippen molar-refractivity contribution in [3.8, 4) is 0 Å². The van der Waals surface area contributed by atoms with Gasteiger partial charge in [0.15, 0.2) is 11.6 Å². The van der Waals surface area contributed by atoms with Crippen LogP contribution in [0.1, 0.15) is 0 Å². The number of aromatic nitrogens is 3. The molecule has 7 heteroatoms. The Balaban J connectivity index is 1.67. The molecule has 2 heterocycles. The molecule has 4 N–H and O–H groups in total. The average molecular weight is 407 g/mol. The fraction of sp³-hybridized carbons (Fsp3) is 0. The highest BCUT2D eigenvalue weighted by Crippen LogP contribution is 2.30. The molecule has 0 spiro atoms. The van der Waals surface area contributed by atoms with E-state index in [1.807, 2.05) is 54.6 Å². The van der Waals surface area contributed by atoms with E-state index in [2.05, 4.69) is 41.5 Å². The summed E-state index contributed by atoms with van der Waals surface area (Å²) in [6, 6.07) is 17.6. The lowest BCUT2D eigenvalue weighted by Gasteiger charge is -2.13. The molecule has 2 aromatic carbocycles. The summed E-state index contributed by atoms with van der Waals surface area (Å²) in [5.74, 6) is 1.06. The van der Waals surface area contributed by atoms with Gasteiger partial charge in [0.1, 0.15) is 12.0 Å². The third-order valence-corrected chi connectivity index (χ3v) is 4.35. The zero-order chi connectivity index (χ0) is 17.9. The summed E-state index contributed by atoms with van der Waals surface area (Å²) in [6.07, 6.45) is 3.23. The first-order chi connectivity index (χ1) is 12.7. The largest absolute Gasteiger partial charge is 0.393 e. The molecule has 0 fully saturated rings. The van der Waals surface area contributed by atoms with Crippen LogP contribution in [0.3, 0.4) is 0 Å². The van der Waals surface area contributed by atoms with Gasteiger partial charge in [0.05, 0.1) is 11.2 Å². The molecule has 0 aliphatic rings. The lowest BCUT2D eigenvalue weighted by atomic mass is 10.2. The zero-order valence-electron chi connectivity index (χ0n) is 13.6. The van der Waals surface area contributed by atoms with E-state index in [0.29, 0.717) is 17.3 Å². The van der Waals surface area contributed by atoms with Crippen molar-refractivity contribution in [1.82, 2.24) is 15.0 Å². The number of hydrogen-bond acceptors (Lipinski definition) is 6. The summed E-state index contributed by atoms with van der Waals surface area (Å²) in [5.41, 5.74) is 9.28. The van der Waals surface area contributed by atoms with Crippen molar-refractivity contribution >= 4 is 55.5 Å². The molecule has 0 saturated carbocycles. The number of para-hydroxylation sites is 1. The number of rotatable bonds is 4. The van der Waals surface area contributed by atoms with Crippen LogP contribution in [0.25, 0.3) is 10.9 Å². The highest BCUT2D eigenvalue weighted by atomic mass is 79.9. The highest BCUT2D eigenvalue weighted by Gasteiger charge is 2.10. The molecule has 26 heavy (non-hydrogen) atoms. The van der Waals surface area contributed by atoms with E-state index in [9.17, 15) is 0 Å². The van der Waals surface area contributed by atoms with Gasteiger partial charge in [-0.05, 0) is 30.3 Å². The van der Waals surface area contributed by atoms with Crippen LogP contribution in [0.5, 0.6) is 0 Å². The summed E-state index contributed by atoms with van der Waals surface area (Å²) < 4.78 is 0.968. The molecule has 6 nitrogen and oxygen atoms in total. The van der Waals surface area contributed by atoms with E-state index in [4.69, 9.17) is 5.73 Å². The third kappa shape index (κ3) is 3.29. The highest BCUT2D eigenvalue weighted by molar-refractivity contribution is 9.10. The summed E-state index contributed by atoms with van der Waals surface area (Å²) in [7, 11) is 0. The molecule has 0 radical (unpaired) electrons. The smallest absolute Gasteiger partial charge is 0.159 e. The molecule has 0 bridgehead atoms. The van der Waals surface area contributed by atoms with Gasteiger partial charge in [0, 0.05) is 21.7 Å². The number of nitrogens with two attached hydrogens (primary N) is 1. The van der Waals surface area contributed by atoms with Crippen LogP contribution in [0.4, 0.5) is 28.7 Å². The lowest BCUT2D eigenvalue weighted by Crippen LogP contribution is -2.05. The van der Waals surface area contributed by atoms with Gasteiger partial charge in [0.2, 0.25) is 0 Å². The SMILES string of the molecule is Nc1c(Nc2cccc(Br)c2)ncnc1Nc1cccc2cccnc12. The van der Waals surface area contributed by atoms with Crippen molar-refractivity contribution in [3.63, 3.8) is 0 Å². The van der Waals surface area contributed by atoms with Crippen molar-refractivity contribution < 1.29 is 0 Å². The van der Waals surface area contributed by atoms with Crippen molar-refractivity contribution in [2.45, 2.75) is 0 Å². The van der Waals surface area contributed by atoms with Crippen molar-refractivity contribution in [2.75, 3.05) is 16.4 Å².